The molecule has 0 spiro atoms. The zero-order chi connectivity index (χ0) is 19.6. The minimum Gasteiger partial charge on any atom is -0.303 e. The smallest absolute Gasteiger partial charge is 0.303 e. The number of hydrogen-bond acceptors (Lipinski definition) is 8. The van der Waals surface area contributed by atoms with Gasteiger partial charge in [0.2, 0.25) is 0 Å². The van der Waals surface area contributed by atoms with Crippen molar-refractivity contribution in [3.63, 3.8) is 0 Å². The van der Waals surface area contributed by atoms with Crippen LogP contribution in [0.15, 0.2) is 0 Å². The van der Waals surface area contributed by atoms with Crippen molar-refractivity contribution in [1.29, 1.82) is 0 Å². The summed E-state index contributed by atoms with van der Waals surface area (Å²) in [6, 6.07) is 0. The molecule has 154 valence electrons. The Morgan fingerprint density at radius 2 is 0.880 bits per heavy atom. The van der Waals surface area contributed by atoms with Gasteiger partial charge in [-0.1, -0.05) is 40.0 Å². The Kier molecular flexibility index (Phi) is 19.1. The van der Waals surface area contributed by atoms with E-state index in [-0.39, 0.29) is 19.8 Å². The Morgan fingerprint density at radius 3 is 1.08 bits per heavy atom. The van der Waals surface area contributed by atoms with Crippen LogP contribution in [0.5, 0.6) is 0 Å². The van der Waals surface area contributed by atoms with Gasteiger partial charge < -0.3 is 14.7 Å². The summed E-state index contributed by atoms with van der Waals surface area (Å²) in [4.78, 5) is 35.9. The summed E-state index contributed by atoms with van der Waals surface area (Å²) in [6.45, 7) is 6.86. The Hall–Kier alpha value is 0.1000. The minimum atomic E-state index is -4.64. The standard InChI is InChI=1S/C12H27O7P.H3O4P/c1-4-7-10-14-17-20(13,18-15-11-8-5-2)19-16-12-9-6-3;1-5(2,3)4/h4-12H2,1-3H3;(H3,1,2,3,4). The molecule has 0 aromatic carbocycles. The largest absolute Gasteiger partial charge is 0.556 e. The summed E-state index contributed by atoms with van der Waals surface area (Å²) >= 11 is 0. The van der Waals surface area contributed by atoms with Crippen LogP contribution in [-0.4, -0.2) is 34.5 Å². The van der Waals surface area contributed by atoms with Crippen LogP contribution in [0, 0.1) is 0 Å². The predicted octanol–water partition coefficient (Wildman–Crippen LogP) is 3.41. The second-order valence-corrected chi connectivity index (χ2v) is 7.08. The van der Waals surface area contributed by atoms with E-state index in [2.05, 4.69) is 14.0 Å². The first-order valence-corrected chi connectivity index (χ1v) is 11.0. The van der Waals surface area contributed by atoms with Gasteiger partial charge in [0.25, 0.3) is 0 Å². The molecule has 0 radical (unpaired) electrons. The van der Waals surface area contributed by atoms with Gasteiger partial charge >= 0.3 is 15.6 Å². The van der Waals surface area contributed by atoms with Crippen molar-refractivity contribution in [3.05, 3.63) is 0 Å². The highest BCUT2D eigenvalue weighted by molar-refractivity contribution is 7.48. The van der Waals surface area contributed by atoms with Crippen LogP contribution < -0.4 is 0 Å². The minimum absolute atomic E-state index is 0.289. The van der Waals surface area contributed by atoms with Gasteiger partial charge in [0.1, 0.15) is 0 Å². The molecule has 0 bridgehead atoms. The fraction of sp³-hybridized carbons (Fsp3) is 1.00. The number of rotatable bonds is 15. The fourth-order valence-corrected chi connectivity index (χ4v) is 1.64. The highest BCUT2D eigenvalue weighted by atomic mass is 31.2. The summed E-state index contributed by atoms with van der Waals surface area (Å²) in [5, 5.41) is 0. The molecule has 0 aromatic rings. The van der Waals surface area contributed by atoms with Crippen LogP contribution in [0.3, 0.4) is 0 Å². The Morgan fingerprint density at radius 1 is 0.640 bits per heavy atom. The maximum absolute atomic E-state index is 12.1. The fourth-order valence-electron chi connectivity index (χ4n) is 0.953. The van der Waals surface area contributed by atoms with E-state index in [0.717, 1.165) is 38.5 Å². The number of phosphoric acid groups is 2. The van der Waals surface area contributed by atoms with Crippen molar-refractivity contribution in [2.75, 3.05) is 19.8 Å². The summed E-state index contributed by atoms with van der Waals surface area (Å²) in [5.74, 6) is 0. The molecular weight excluding hydrogens is 382 g/mol. The first-order chi connectivity index (χ1) is 11.7. The summed E-state index contributed by atoms with van der Waals surface area (Å²) in [6.07, 6.45) is 5.09. The molecular formula is C12H30O11P2. The van der Waals surface area contributed by atoms with Gasteiger partial charge in [0.05, 0.1) is 19.8 Å². The van der Waals surface area contributed by atoms with E-state index in [1.807, 2.05) is 20.8 Å². The molecule has 0 atom stereocenters. The van der Waals surface area contributed by atoms with E-state index in [9.17, 15) is 4.57 Å². The lowest BCUT2D eigenvalue weighted by Crippen LogP contribution is -2.05. The quantitative estimate of drug-likeness (QED) is 0.157. The molecule has 0 amide bonds. The lowest BCUT2D eigenvalue weighted by Gasteiger charge is -2.14. The van der Waals surface area contributed by atoms with E-state index >= 15 is 0 Å². The van der Waals surface area contributed by atoms with Crippen molar-refractivity contribution in [2.45, 2.75) is 59.3 Å². The molecule has 0 fully saturated rings. The first-order valence-electron chi connectivity index (χ1n) is 8.00. The average Bonchev–Trinajstić information content (AvgIpc) is 2.51. The molecule has 13 heteroatoms. The van der Waals surface area contributed by atoms with Gasteiger partial charge in [0, 0.05) is 0 Å². The van der Waals surface area contributed by atoms with Crippen molar-refractivity contribution < 1.29 is 52.5 Å². The van der Waals surface area contributed by atoms with Gasteiger partial charge in [-0.3, -0.25) is 0 Å². The van der Waals surface area contributed by atoms with Crippen LogP contribution in [0.4, 0.5) is 0 Å². The molecule has 0 aromatic heterocycles. The van der Waals surface area contributed by atoms with E-state index in [1.54, 1.807) is 0 Å². The van der Waals surface area contributed by atoms with Crippen LogP contribution in [0.25, 0.3) is 0 Å². The third kappa shape index (κ3) is 26.4. The second kappa shape index (κ2) is 17.5. The van der Waals surface area contributed by atoms with Gasteiger partial charge in [-0.2, -0.15) is 0 Å². The normalized spacial score (nSPS) is 11.9. The van der Waals surface area contributed by atoms with E-state index in [0.29, 0.717) is 0 Å². The lowest BCUT2D eigenvalue weighted by atomic mass is 10.4. The second-order valence-electron chi connectivity index (χ2n) is 4.71. The molecule has 0 aliphatic carbocycles. The summed E-state index contributed by atoms with van der Waals surface area (Å²) in [5.41, 5.74) is 0. The van der Waals surface area contributed by atoms with Crippen LogP contribution in [0.2, 0.25) is 0 Å². The van der Waals surface area contributed by atoms with Gasteiger partial charge in [-0.25, -0.2) is 23.8 Å². The van der Waals surface area contributed by atoms with E-state index in [1.165, 1.54) is 0 Å². The average molecular weight is 412 g/mol. The summed E-state index contributed by atoms with van der Waals surface area (Å²) in [7, 11) is -8.65. The van der Waals surface area contributed by atoms with Crippen molar-refractivity contribution in [3.8, 4) is 0 Å². The van der Waals surface area contributed by atoms with Gasteiger partial charge in [-0.05, 0) is 19.3 Å². The third-order valence-corrected chi connectivity index (χ3v) is 3.04. The third-order valence-electron chi connectivity index (χ3n) is 2.18. The highest BCUT2D eigenvalue weighted by Gasteiger charge is 2.32. The molecule has 0 aliphatic heterocycles. The molecule has 11 nitrogen and oxygen atoms in total. The van der Waals surface area contributed by atoms with Crippen LogP contribution in [-0.2, 0) is 37.8 Å². The molecule has 0 unspecified atom stereocenters. The molecule has 0 saturated heterocycles. The highest BCUT2D eigenvalue weighted by Crippen LogP contribution is 2.50. The maximum atomic E-state index is 12.1. The zero-order valence-electron chi connectivity index (χ0n) is 14.9. The van der Waals surface area contributed by atoms with Crippen molar-refractivity contribution in [1.82, 2.24) is 0 Å². The van der Waals surface area contributed by atoms with Gasteiger partial charge in [-0.15, -0.1) is 14.0 Å². The van der Waals surface area contributed by atoms with Crippen LogP contribution in [0.1, 0.15) is 59.3 Å². The molecule has 0 rings (SSSR count). The Bertz CT molecular complexity index is 328. The Labute approximate surface area is 148 Å². The van der Waals surface area contributed by atoms with Crippen molar-refractivity contribution in [2.24, 2.45) is 0 Å². The van der Waals surface area contributed by atoms with Crippen LogP contribution >= 0.6 is 15.6 Å². The monoisotopic (exact) mass is 412 g/mol. The topological polar surface area (TPSA) is 150 Å². The van der Waals surface area contributed by atoms with E-state index in [4.69, 9.17) is 33.9 Å². The predicted molar refractivity (Wildman–Crippen MR) is 87.7 cm³/mol. The lowest BCUT2D eigenvalue weighted by molar-refractivity contribution is -0.325. The van der Waals surface area contributed by atoms with E-state index < -0.39 is 15.6 Å². The molecule has 25 heavy (non-hydrogen) atoms. The first kappa shape index (κ1) is 27.3. The SMILES string of the molecule is CCCCOOP(=O)(OOCCCC)OOCCCC.O=P(O)(O)O. The molecule has 3 N–H and O–H groups in total. The molecule has 0 aliphatic rings. The summed E-state index contributed by atoms with van der Waals surface area (Å²) < 4.78 is 34.9. The van der Waals surface area contributed by atoms with Crippen molar-refractivity contribution >= 4 is 15.6 Å². The number of unbranched alkanes of at least 4 members (excludes halogenated alkanes) is 3. The van der Waals surface area contributed by atoms with Gasteiger partial charge in [0.15, 0.2) is 0 Å². The zero-order valence-corrected chi connectivity index (χ0v) is 16.7. The Balaban J connectivity index is 0. The maximum Gasteiger partial charge on any atom is 0.556 e. The molecule has 0 heterocycles. The number of hydrogen-bond donors (Lipinski definition) is 3. The molecule has 0 saturated carbocycles.